The van der Waals surface area contributed by atoms with Crippen LogP contribution in [0.5, 0.6) is 5.75 Å². The maximum Gasteiger partial charge on any atom is 0.308 e. The summed E-state index contributed by atoms with van der Waals surface area (Å²) in [6, 6.07) is 7.18. The molecule has 1 saturated heterocycles. The summed E-state index contributed by atoms with van der Waals surface area (Å²) in [5, 5.41) is 0. The van der Waals surface area contributed by atoms with Crippen molar-refractivity contribution in [3.05, 3.63) is 24.3 Å². The number of anilines is 1. The van der Waals surface area contributed by atoms with Crippen molar-refractivity contribution in [2.75, 3.05) is 18.0 Å². The van der Waals surface area contributed by atoms with Crippen LogP contribution in [-0.4, -0.2) is 25.2 Å². The van der Waals surface area contributed by atoms with Gasteiger partial charge in [0, 0.05) is 31.8 Å². The number of carbonyl (C=O) groups is 1. The van der Waals surface area contributed by atoms with Gasteiger partial charge in [0.05, 0.1) is 0 Å². The first-order valence-corrected chi connectivity index (χ1v) is 5.32. The largest absolute Gasteiger partial charge is 0.427 e. The molecule has 0 spiro atoms. The quantitative estimate of drug-likeness (QED) is 0.568. The molecule has 16 heavy (non-hydrogen) atoms. The molecule has 1 fully saturated rings. The van der Waals surface area contributed by atoms with Crippen LogP contribution in [0.4, 0.5) is 10.1 Å². The lowest BCUT2D eigenvalue weighted by atomic mass is 10.3. The molecule has 1 aromatic rings. The van der Waals surface area contributed by atoms with E-state index in [-0.39, 0.29) is 5.97 Å². The van der Waals surface area contributed by atoms with Gasteiger partial charge < -0.3 is 9.64 Å². The zero-order valence-electron chi connectivity index (χ0n) is 9.15. The van der Waals surface area contributed by atoms with E-state index in [1.807, 2.05) is 11.0 Å². The Hall–Kier alpha value is -1.58. The highest BCUT2D eigenvalue weighted by Gasteiger charge is 2.22. The monoisotopic (exact) mass is 223 g/mol. The van der Waals surface area contributed by atoms with Crippen molar-refractivity contribution in [1.82, 2.24) is 0 Å². The fraction of sp³-hybridized carbons (Fsp3) is 0.417. The van der Waals surface area contributed by atoms with E-state index in [1.165, 1.54) is 6.92 Å². The first-order valence-electron chi connectivity index (χ1n) is 5.32. The number of alkyl halides is 1. The van der Waals surface area contributed by atoms with E-state index in [0.717, 1.165) is 5.69 Å². The van der Waals surface area contributed by atoms with Gasteiger partial charge >= 0.3 is 5.97 Å². The standard InChI is InChI=1S/C12H14FNO2/c1-9(15)16-12-4-2-3-11(7-12)14-6-5-10(13)8-14/h2-4,7,10H,5-6,8H2,1H3/t10-/m1/s1. The van der Waals surface area contributed by atoms with E-state index in [4.69, 9.17) is 4.74 Å². The van der Waals surface area contributed by atoms with Crippen LogP contribution in [0.3, 0.4) is 0 Å². The molecule has 0 amide bonds. The number of carbonyl (C=O) groups excluding carboxylic acids is 1. The molecular formula is C12H14FNO2. The van der Waals surface area contributed by atoms with Gasteiger partial charge in [-0.05, 0) is 18.6 Å². The predicted molar refractivity (Wildman–Crippen MR) is 59.5 cm³/mol. The highest BCUT2D eigenvalue weighted by atomic mass is 19.1. The van der Waals surface area contributed by atoms with Gasteiger partial charge in [-0.15, -0.1) is 0 Å². The summed E-state index contributed by atoms with van der Waals surface area (Å²) in [6.45, 7) is 2.49. The zero-order valence-corrected chi connectivity index (χ0v) is 9.15. The van der Waals surface area contributed by atoms with Crippen LogP contribution in [0, 0.1) is 0 Å². The third-order valence-corrected chi connectivity index (χ3v) is 2.58. The molecule has 4 heteroatoms. The van der Waals surface area contributed by atoms with E-state index >= 15 is 0 Å². The Balaban J connectivity index is 2.12. The molecule has 0 N–H and O–H groups in total. The molecular weight excluding hydrogens is 209 g/mol. The summed E-state index contributed by atoms with van der Waals surface area (Å²) in [6.07, 6.45) is -0.185. The highest BCUT2D eigenvalue weighted by Crippen LogP contribution is 2.25. The average Bonchev–Trinajstić information content (AvgIpc) is 2.64. The maximum absolute atomic E-state index is 13.0. The number of benzene rings is 1. The van der Waals surface area contributed by atoms with Crippen molar-refractivity contribution in [2.24, 2.45) is 0 Å². The Morgan fingerprint density at radius 2 is 2.38 bits per heavy atom. The fourth-order valence-electron chi connectivity index (χ4n) is 1.86. The molecule has 86 valence electrons. The van der Waals surface area contributed by atoms with E-state index in [0.29, 0.717) is 25.3 Å². The van der Waals surface area contributed by atoms with Gasteiger partial charge in [-0.3, -0.25) is 4.79 Å². The zero-order chi connectivity index (χ0) is 11.5. The second-order valence-corrected chi connectivity index (χ2v) is 3.92. The number of hydrogen-bond acceptors (Lipinski definition) is 3. The van der Waals surface area contributed by atoms with Gasteiger partial charge in [0.1, 0.15) is 11.9 Å². The molecule has 2 rings (SSSR count). The molecule has 1 aliphatic rings. The number of rotatable bonds is 2. The Kier molecular flexibility index (Phi) is 3.08. The molecule has 1 aromatic carbocycles. The summed E-state index contributed by atoms with van der Waals surface area (Å²) in [5.41, 5.74) is 0.902. The van der Waals surface area contributed by atoms with Gasteiger partial charge in [0.25, 0.3) is 0 Å². The maximum atomic E-state index is 13.0. The van der Waals surface area contributed by atoms with Crippen LogP contribution in [0.2, 0.25) is 0 Å². The van der Waals surface area contributed by atoms with Crippen LogP contribution in [0.1, 0.15) is 13.3 Å². The molecule has 0 radical (unpaired) electrons. The highest BCUT2D eigenvalue weighted by molar-refractivity contribution is 5.70. The molecule has 0 saturated carbocycles. The molecule has 1 heterocycles. The lowest BCUT2D eigenvalue weighted by Crippen LogP contribution is -2.19. The van der Waals surface area contributed by atoms with Crippen LogP contribution < -0.4 is 9.64 Å². The fourth-order valence-corrected chi connectivity index (χ4v) is 1.86. The SMILES string of the molecule is CC(=O)Oc1cccc(N2CC[C@@H](F)C2)c1. The van der Waals surface area contributed by atoms with Crippen molar-refractivity contribution < 1.29 is 13.9 Å². The normalized spacial score (nSPS) is 19.9. The van der Waals surface area contributed by atoms with Crippen molar-refractivity contribution in [1.29, 1.82) is 0 Å². The molecule has 0 bridgehead atoms. The number of nitrogens with zero attached hydrogens (tertiary/aromatic N) is 1. The molecule has 1 atom stereocenters. The third-order valence-electron chi connectivity index (χ3n) is 2.58. The lowest BCUT2D eigenvalue weighted by Gasteiger charge is -2.17. The van der Waals surface area contributed by atoms with E-state index in [1.54, 1.807) is 18.2 Å². The predicted octanol–water partition coefficient (Wildman–Crippen LogP) is 2.16. The van der Waals surface area contributed by atoms with Gasteiger partial charge in [-0.1, -0.05) is 6.07 Å². The summed E-state index contributed by atoms with van der Waals surface area (Å²) >= 11 is 0. The van der Waals surface area contributed by atoms with E-state index in [2.05, 4.69) is 0 Å². The number of ether oxygens (including phenoxy) is 1. The topological polar surface area (TPSA) is 29.5 Å². The minimum absolute atomic E-state index is 0.345. The van der Waals surface area contributed by atoms with Gasteiger partial charge in [-0.25, -0.2) is 4.39 Å². The van der Waals surface area contributed by atoms with E-state index in [9.17, 15) is 9.18 Å². The minimum atomic E-state index is -0.752. The Bertz CT molecular complexity index is 394. The summed E-state index contributed by atoms with van der Waals surface area (Å²) in [5.74, 6) is 0.161. The van der Waals surface area contributed by atoms with Crippen molar-refractivity contribution in [2.45, 2.75) is 19.5 Å². The molecule has 0 aliphatic carbocycles. The Morgan fingerprint density at radius 3 is 3.00 bits per heavy atom. The summed E-state index contributed by atoms with van der Waals surface area (Å²) < 4.78 is 18.0. The van der Waals surface area contributed by atoms with Crippen LogP contribution in [0.15, 0.2) is 24.3 Å². The Labute approximate surface area is 93.8 Å². The first-order chi connectivity index (χ1) is 7.65. The van der Waals surface area contributed by atoms with Crippen LogP contribution >= 0.6 is 0 Å². The number of hydrogen-bond donors (Lipinski definition) is 0. The lowest BCUT2D eigenvalue weighted by molar-refractivity contribution is -0.131. The van der Waals surface area contributed by atoms with Gasteiger partial charge in [-0.2, -0.15) is 0 Å². The number of esters is 1. The summed E-state index contributed by atoms with van der Waals surface area (Å²) in [4.78, 5) is 12.8. The van der Waals surface area contributed by atoms with E-state index < -0.39 is 6.17 Å². The van der Waals surface area contributed by atoms with Gasteiger partial charge in [0.15, 0.2) is 0 Å². The first kappa shape index (κ1) is 10.9. The van der Waals surface area contributed by atoms with Crippen LogP contribution in [-0.2, 0) is 4.79 Å². The second-order valence-electron chi connectivity index (χ2n) is 3.92. The molecule has 3 nitrogen and oxygen atoms in total. The smallest absolute Gasteiger partial charge is 0.308 e. The molecule has 0 aromatic heterocycles. The minimum Gasteiger partial charge on any atom is -0.427 e. The molecule has 0 unspecified atom stereocenters. The van der Waals surface area contributed by atoms with Crippen molar-refractivity contribution >= 4 is 11.7 Å². The average molecular weight is 223 g/mol. The third kappa shape index (κ3) is 2.51. The van der Waals surface area contributed by atoms with Crippen molar-refractivity contribution in [3.8, 4) is 5.75 Å². The van der Waals surface area contributed by atoms with Crippen molar-refractivity contribution in [3.63, 3.8) is 0 Å². The molecule has 1 aliphatic heterocycles. The van der Waals surface area contributed by atoms with Gasteiger partial charge in [0.2, 0.25) is 0 Å². The van der Waals surface area contributed by atoms with Crippen LogP contribution in [0.25, 0.3) is 0 Å². The second kappa shape index (κ2) is 4.51. The number of halogens is 1. The Morgan fingerprint density at radius 1 is 1.56 bits per heavy atom. The summed E-state index contributed by atoms with van der Waals surface area (Å²) in [7, 11) is 0.